The third kappa shape index (κ3) is 3.16. The van der Waals surface area contributed by atoms with Crippen molar-refractivity contribution in [1.29, 1.82) is 0 Å². The van der Waals surface area contributed by atoms with Crippen LogP contribution in [0.4, 0.5) is 5.69 Å². The lowest BCUT2D eigenvalue weighted by Crippen LogP contribution is -2.24. The van der Waals surface area contributed by atoms with Crippen LogP contribution in [-0.2, 0) is 16.0 Å². The molecule has 2 heterocycles. The number of carbonyl (C=O) groups is 2. The summed E-state index contributed by atoms with van der Waals surface area (Å²) in [4.78, 5) is 41.6. The van der Waals surface area contributed by atoms with E-state index < -0.39 is 22.7 Å². The molecule has 0 fully saturated rings. The number of nitro groups is 1. The van der Waals surface area contributed by atoms with Crippen molar-refractivity contribution in [2.75, 3.05) is 13.2 Å². The summed E-state index contributed by atoms with van der Waals surface area (Å²) < 4.78 is 6.64. The number of nitro benzene ring substituents is 1. The molecule has 0 N–H and O–H groups in total. The fraction of sp³-hybridized carbons (Fsp3) is 0.227. The van der Waals surface area contributed by atoms with Gasteiger partial charge >= 0.3 is 5.97 Å². The molecule has 1 aliphatic heterocycles. The van der Waals surface area contributed by atoms with E-state index in [2.05, 4.69) is 4.99 Å². The third-order valence-corrected chi connectivity index (χ3v) is 5.13. The maximum absolute atomic E-state index is 13.6. The van der Waals surface area contributed by atoms with Crippen LogP contribution in [0.25, 0.3) is 10.9 Å². The van der Waals surface area contributed by atoms with Crippen molar-refractivity contribution in [3.63, 3.8) is 0 Å². The molecule has 1 unspecified atom stereocenters. The van der Waals surface area contributed by atoms with Gasteiger partial charge in [0.1, 0.15) is 11.5 Å². The highest BCUT2D eigenvalue weighted by molar-refractivity contribution is 6.09. The fourth-order valence-electron chi connectivity index (χ4n) is 3.90. The van der Waals surface area contributed by atoms with Gasteiger partial charge in [-0.05, 0) is 31.0 Å². The normalized spacial score (nSPS) is 15.4. The van der Waals surface area contributed by atoms with Gasteiger partial charge in [-0.2, -0.15) is 0 Å². The van der Waals surface area contributed by atoms with Crippen LogP contribution in [0.3, 0.4) is 0 Å². The van der Waals surface area contributed by atoms with E-state index in [-0.39, 0.29) is 17.9 Å². The van der Waals surface area contributed by atoms with Gasteiger partial charge in [0.2, 0.25) is 0 Å². The Kier molecular flexibility index (Phi) is 5.14. The average molecular weight is 405 g/mol. The first-order valence-corrected chi connectivity index (χ1v) is 9.61. The summed E-state index contributed by atoms with van der Waals surface area (Å²) in [6.45, 7) is 2.37. The molecule has 1 atom stereocenters. The lowest BCUT2D eigenvalue weighted by Gasteiger charge is -2.16. The maximum atomic E-state index is 13.6. The van der Waals surface area contributed by atoms with E-state index in [0.717, 1.165) is 10.9 Å². The fourth-order valence-corrected chi connectivity index (χ4v) is 3.90. The number of aliphatic imine (C=N–C) groups is 1. The zero-order valence-electron chi connectivity index (χ0n) is 16.3. The zero-order chi connectivity index (χ0) is 21.3. The summed E-state index contributed by atoms with van der Waals surface area (Å²) in [6, 6.07) is 13.1. The summed E-state index contributed by atoms with van der Waals surface area (Å²) in [7, 11) is 0. The van der Waals surface area contributed by atoms with E-state index in [1.807, 2.05) is 12.1 Å². The number of fused-ring (bicyclic) bond motifs is 3. The molecule has 30 heavy (non-hydrogen) atoms. The predicted molar refractivity (Wildman–Crippen MR) is 111 cm³/mol. The predicted octanol–water partition coefficient (Wildman–Crippen LogP) is 3.51. The SMILES string of the molecule is CCOC(=O)C1C=NCCc2c1n(C(=O)c1ccccc1[N+](=O)[O-])c1ccccc21. The minimum atomic E-state index is -0.874. The largest absolute Gasteiger partial charge is 0.465 e. The third-order valence-electron chi connectivity index (χ3n) is 5.13. The number of esters is 1. The molecule has 3 aromatic rings. The Bertz CT molecular complexity index is 1190. The minimum Gasteiger partial charge on any atom is -0.465 e. The van der Waals surface area contributed by atoms with E-state index in [1.54, 1.807) is 25.1 Å². The second-order valence-corrected chi connectivity index (χ2v) is 6.83. The molecule has 0 amide bonds. The van der Waals surface area contributed by atoms with Crippen molar-refractivity contribution in [3.05, 3.63) is 75.5 Å². The first-order valence-electron chi connectivity index (χ1n) is 9.61. The molecule has 8 heteroatoms. The Hall–Kier alpha value is -3.81. The molecular formula is C22H19N3O5. The summed E-state index contributed by atoms with van der Waals surface area (Å²) in [5.74, 6) is -1.95. The van der Waals surface area contributed by atoms with Crippen LogP contribution in [-0.4, -0.2) is 40.7 Å². The van der Waals surface area contributed by atoms with Crippen LogP contribution in [0.15, 0.2) is 53.5 Å². The van der Waals surface area contributed by atoms with Crippen LogP contribution in [0, 0.1) is 10.1 Å². The van der Waals surface area contributed by atoms with Crippen LogP contribution in [0.2, 0.25) is 0 Å². The van der Waals surface area contributed by atoms with Crippen molar-refractivity contribution < 1.29 is 19.2 Å². The topological polar surface area (TPSA) is 104 Å². The number of carbonyl (C=O) groups excluding carboxylic acids is 2. The molecule has 152 valence electrons. The van der Waals surface area contributed by atoms with Crippen LogP contribution in [0.1, 0.15) is 34.5 Å². The molecule has 0 saturated heterocycles. The lowest BCUT2D eigenvalue weighted by atomic mass is 10.00. The van der Waals surface area contributed by atoms with Gasteiger partial charge < -0.3 is 4.74 Å². The van der Waals surface area contributed by atoms with Gasteiger partial charge in [-0.3, -0.25) is 29.3 Å². The molecule has 0 radical (unpaired) electrons. The van der Waals surface area contributed by atoms with E-state index >= 15 is 0 Å². The van der Waals surface area contributed by atoms with Crippen LogP contribution >= 0.6 is 0 Å². The lowest BCUT2D eigenvalue weighted by molar-refractivity contribution is -0.385. The van der Waals surface area contributed by atoms with Gasteiger partial charge in [-0.15, -0.1) is 0 Å². The standard InChI is InChI=1S/C22H19N3O5/c1-2-30-22(27)17-13-23-12-11-15-14-7-3-5-9-18(14)24(20(15)17)21(26)16-8-4-6-10-19(16)25(28)29/h3-10,13,17H,2,11-12H2,1H3. The number of aromatic nitrogens is 1. The van der Waals surface area contributed by atoms with Crippen LogP contribution in [0.5, 0.6) is 0 Å². The Morgan fingerprint density at radius 3 is 2.70 bits per heavy atom. The van der Waals surface area contributed by atoms with Crippen molar-refractivity contribution in [3.8, 4) is 0 Å². The molecule has 1 aromatic heterocycles. The van der Waals surface area contributed by atoms with E-state index in [1.165, 1.54) is 29.0 Å². The van der Waals surface area contributed by atoms with Crippen molar-refractivity contribution >= 4 is 34.7 Å². The summed E-state index contributed by atoms with van der Waals surface area (Å²) in [5, 5.41) is 12.3. The number of hydrogen-bond acceptors (Lipinski definition) is 6. The number of benzene rings is 2. The van der Waals surface area contributed by atoms with Gasteiger partial charge in [0.05, 0.1) is 17.0 Å². The van der Waals surface area contributed by atoms with Crippen molar-refractivity contribution in [2.45, 2.75) is 19.3 Å². The Morgan fingerprint density at radius 1 is 1.20 bits per heavy atom. The highest BCUT2D eigenvalue weighted by Crippen LogP contribution is 2.35. The molecule has 4 rings (SSSR count). The van der Waals surface area contributed by atoms with Gasteiger partial charge in [-0.25, -0.2) is 0 Å². The molecule has 2 aromatic carbocycles. The first-order chi connectivity index (χ1) is 14.5. The maximum Gasteiger partial charge on any atom is 0.320 e. The van der Waals surface area contributed by atoms with E-state index in [4.69, 9.17) is 4.74 Å². The van der Waals surface area contributed by atoms with Crippen LogP contribution < -0.4 is 0 Å². The Balaban J connectivity index is 2.01. The van der Waals surface area contributed by atoms with E-state index in [0.29, 0.717) is 24.2 Å². The molecule has 1 aliphatic rings. The molecule has 0 bridgehead atoms. The second-order valence-electron chi connectivity index (χ2n) is 6.83. The average Bonchev–Trinajstić information content (AvgIpc) is 2.91. The Morgan fingerprint density at radius 2 is 1.93 bits per heavy atom. The van der Waals surface area contributed by atoms with Crippen molar-refractivity contribution in [2.24, 2.45) is 4.99 Å². The van der Waals surface area contributed by atoms with Gasteiger partial charge in [0.25, 0.3) is 11.6 Å². The number of rotatable bonds is 4. The number of ether oxygens (including phenoxy) is 1. The summed E-state index contributed by atoms with van der Waals surface area (Å²) in [6.07, 6.45) is 2.05. The summed E-state index contributed by atoms with van der Waals surface area (Å²) in [5.41, 5.74) is 1.54. The van der Waals surface area contributed by atoms with Gasteiger partial charge in [0.15, 0.2) is 0 Å². The molecule has 8 nitrogen and oxygen atoms in total. The van der Waals surface area contributed by atoms with Gasteiger partial charge in [-0.1, -0.05) is 30.3 Å². The van der Waals surface area contributed by atoms with E-state index in [9.17, 15) is 19.7 Å². The number of para-hydroxylation sites is 2. The molecular weight excluding hydrogens is 386 g/mol. The molecule has 0 spiro atoms. The zero-order valence-corrected chi connectivity index (χ0v) is 16.3. The summed E-state index contributed by atoms with van der Waals surface area (Å²) >= 11 is 0. The molecule has 0 aliphatic carbocycles. The number of hydrogen-bond donors (Lipinski definition) is 0. The molecule has 0 saturated carbocycles. The second kappa shape index (κ2) is 7.90. The highest BCUT2D eigenvalue weighted by Gasteiger charge is 2.34. The Labute approximate surface area is 171 Å². The number of nitrogens with zero attached hydrogens (tertiary/aromatic N) is 3. The monoisotopic (exact) mass is 405 g/mol. The highest BCUT2D eigenvalue weighted by atomic mass is 16.6. The quantitative estimate of drug-likeness (QED) is 0.375. The smallest absolute Gasteiger partial charge is 0.320 e. The van der Waals surface area contributed by atoms with Gasteiger partial charge in [0, 0.05) is 29.9 Å². The first kappa shape index (κ1) is 19.5. The van der Waals surface area contributed by atoms with Crippen molar-refractivity contribution in [1.82, 2.24) is 4.57 Å². The minimum absolute atomic E-state index is 0.0464.